The molecule has 0 saturated heterocycles. The van der Waals surface area contributed by atoms with Crippen molar-refractivity contribution in [2.24, 2.45) is 5.92 Å². The van der Waals surface area contributed by atoms with Crippen LogP contribution in [0.15, 0.2) is 0 Å². The molecule has 80 valence electrons. The Hall–Kier alpha value is -1.03. The lowest BCUT2D eigenvalue weighted by atomic mass is 10.1. The smallest absolute Gasteiger partial charge is 0.221 e. The first-order valence-electron chi connectivity index (χ1n) is 5.45. The summed E-state index contributed by atoms with van der Waals surface area (Å²) in [7, 11) is 0. The van der Waals surface area contributed by atoms with Crippen molar-refractivity contribution in [2.45, 2.75) is 32.3 Å². The normalized spacial score (nSPS) is 20.1. The number of hydrogen-bond donors (Lipinski definition) is 0. The summed E-state index contributed by atoms with van der Waals surface area (Å²) in [4.78, 5) is 8.33. The molecule has 1 aliphatic heterocycles. The molecule has 3 rings (SSSR count). The van der Waals surface area contributed by atoms with Crippen LogP contribution in [0.1, 0.15) is 29.9 Å². The minimum atomic E-state index is -0.379. The molecule has 1 saturated carbocycles. The van der Waals surface area contributed by atoms with Crippen LogP contribution in [0.2, 0.25) is 0 Å². The zero-order chi connectivity index (χ0) is 10.3. The highest BCUT2D eigenvalue weighted by Crippen LogP contribution is 2.32. The molecule has 2 aliphatic rings. The van der Waals surface area contributed by atoms with E-state index in [2.05, 4.69) is 9.97 Å². The quantitative estimate of drug-likeness (QED) is 0.693. The lowest BCUT2D eigenvalue weighted by Gasteiger charge is -2.16. The topological polar surface area (TPSA) is 35.0 Å². The van der Waals surface area contributed by atoms with E-state index in [0.717, 1.165) is 12.1 Å². The van der Waals surface area contributed by atoms with Gasteiger partial charge in [-0.25, -0.2) is 9.97 Å². The van der Waals surface area contributed by atoms with Crippen molar-refractivity contribution in [3.63, 3.8) is 0 Å². The van der Waals surface area contributed by atoms with Crippen molar-refractivity contribution >= 4 is 0 Å². The molecule has 4 heteroatoms. The van der Waals surface area contributed by atoms with Crippen LogP contribution in [-0.4, -0.2) is 16.6 Å². The van der Waals surface area contributed by atoms with Crippen LogP contribution in [0.5, 0.6) is 0 Å². The maximum atomic E-state index is 13.6. The maximum absolute atomic E-state index is 13.6. The van der Waals surface area contributed by atoms with Crippen LogP contribution in [0.25, 0.3) is 0 Å². The Kier molecular flexibility index (Phi) is 2.16. The lowest BCUT2D eigenvalue weighted by Crippen LogP contribution is -2.17. The number of halogens is 1. The van der Waals surface area contributed by atoms with E-state index >= 15 is 0 Å². The third-order valence-electron chi connectivity index (χ3n) is 2.99. The third kappa shape index (κ3) is 1.86. The first-order chi connectivity index (χ1) is 7.33. The molecule has 0 atom stereocenters. The van der Waals surface area contributed by atoms with Gasteiger partial charge in [-0.15, -0.1) is 0 Å². The van der Waals surface area contributed by atoms with Crippen molar-refractivity contribution in [3.8, 4) is 0 Å². The van der Waals surface area contributed by atoms with Crippen LogP contribution in [0.4, 0.5) is 4.39 Å². The van der Waals surface area contributed by atoms with Gasteiger partial charge in [0.1, 0.15) is 5.82 Å². The largest absolute Gasteiger partial charge is 0.376 e. The molecule has 0 spiro atoms. The highest BCUT2D eigenvalue weighted by Gasteiger charge is 2.25. The first kappa shape index (κ1) is 9.21. The Bertz CT molecular complexity index is 390. The number of fused-ring (bicyclic) bond motifs is 1. The van der Waals surface area contributed by atoms with E-state index in [1.165, 1.54) is 12.8 Å². The molecule has 1 aliphatic carbocycles. The number of hydrogen-bond acceptors (Lipinski definition) is 3. The highest BCUT2D eigenvalue weighted by molar-refractivity contribution is 5.20. The Morgan fingerprint density at radius 3 is 3.00 bits per heavy atom. The van der Waals surface area contributed by atoms with Crippen LogP contribution in [-0.2, 0) is 24.2 Å². The van der Waals surface area contributed by atoms with Crippen molar-refractivity contribution in [2.75, 3.05) is 6.61 Å². The molecule has 0 N–H and O–H groups in total. The Morgan fingerprint density at radius 2 is 2.20 bits per heavy atom. The number of aromatic nitrogens is 2. The summed E-state index contributed by atoms with van der Waals surface area (Å²) in [5.41, 5.74) is 1.41. The van der Waals surface area contributed by atoms with Gasteiger partial charge in [0.15, 0.2) is 0 Å². The minimum absolute atomic E-state index is 0.324. The molecule has 1 aromatic rings. The van der Waals surface area contributed by atoms with Crippen LogP contribution < -0.4 is 0 Å². The Labute approximate surface area is 87.7 Å². The second-order valence-electron chi connectivity index (χ2n) is 4.31. The summed E-state index contributed by atoms with van der Waals surface area (Å²) in [5, 5.41) is 0. The summed E-state index contributed by atoms with van der Waals surface area (Å²) >= 11 is 0. The molecule has 3 nitrogen and oxygen atoms in total. The lowest BCUT2D eigenvalue weighted by molar-refractivity contribution is 0.105. The van der Waals surface area contributed by atoms with E-state index < -0.39 is 0 Å². The van der Waals surface area contributed by atoms with E-state index in [0.29, 0.717) is 36.9 Å². The molecule has 15 heavy (non-hydrogen) atoms. The minimum Gasteiger partial charge on any atom is -0.376 e. The number of nitrogens with zero attached hydrogens (tertiary/aromatic N) is 2. The summed E-state index contributed by atoms with van der Waals surface area (Å²) in [6, 6.07) is 0. The van der Waals surface area contributed by atoms with E-state index in [4.69, 9.17) is 4.74 Å². The monoisotopic (exact) mass is 208 g/mol. The number of rotatable bonds is 2. The van der Waals surface area contributed by atoms with E-state index in [1.807, 2.05) is 0 Å². The van der Waals surface area contributed by atoms with Gasteiger partial charge in [0.25, 0.3) is 0 Å². The van der Waals surface area contributed by atoms with E-state index in [9.17, 15) is 4.39 Å². The fourth-order valence-corrected chi connectivity index (χ4v) is 1.91. The van der Waals surface area contributed by atoms with Crippen LogP contribution in [0.3, 0.4) is 0 Å². The molecular weight excluding hydrogens is 195 g/mol. The fourth-order valence-electron chi connectivity index (χ4n) is 1.91. The summed E-state index contributed by atoms with van der Waals surface area (Å²) in [5.74, 6) is 0.994. The van der Waals surface area contributed by atoms with E-state index in [-0.39, 0.29) is 5.95 Å². The standard InChI is InChI=1S/C11H13FN2O/c12-11-8-6-15-4-3-9(8)13-10(14-11)5-7-1-2-7/h7H,1-6H2. The van der Waals surface area contributed by atoms with Crippen molar-refractivity contribution in [1.82, 2.24) is 9.97 Å². The first-order valence-corrected chi connectivity index (χ1v) is 5.45. The third-order valence-corrected chi connectivity index (χ3v) is 2.99. The van der Waals surface area contributed by atoms with Gasteiger partial charge in [-0.1, -0.05) is 0 Å². The highest BCUT2D eigenvalue weighted by atomic mass is 19.1. The Morgan fingerprint density at radius 1 is 1.33 bits per heavy atom. The molecule has 1 aromatic heterocycles. The maximum Gasteiger partial charge on any atom is 0.221 e. The Balaban J connectivity index is 1.92. The molecule has 0 aromatic carbocycles. The molecule has 0 bridgehead atoms. The van der Waals surface area contributed by atoms with Gasteiger partial charge in [-0.2, -0.15) is 4.39 Å². The zero-order valence-corrected chi connectivity index (χ0v) is 8.50. The van der Waals surface area contributed by atoms with Gasteiger partial charge in [0, 0.05) is 12.8 Å². The molecule has 0 amide bonds. The van der Waals surface area contributed by atoms with Gasteiger partial charge >= 0.3 is 0 Å². The summed E-state index contributed by atoms with van der Waals surface area (Å²) in [6.45, 7) is 0.969. The average molecular weight is 208 g/mol. The predicted octanol–water partition coefficient (Wildman–Crippen LogP) is 1.64. The second kappa shape index (κ2) is 3.52. The fraction of sp³-hybridized carbons (Fsp3) is 0.636. The molecular formula is C11H13FN2O. The van der Waals surface area contributed by atoms with Crippen LogP contribution in [0, 0.1) is 11.9 Å². The summed E-state index contributed by atoms with van der Waals surface area (Å²) < 4.78 is 18.8. The van der Waals surface area contributed by atoms with Gasteiger partial charge in [-0.05, 0) is 18.8 Å². The van der Waals surface area contributed by atoms with Gasteiger partial charge in [0.05, 0.1) is 24.5 Å². The van der Waals surface area contributed by atoms with Crippen LogP contribution >= 0.6 is 0 Å². The molecule has 0 radical (unpaired) electrons. The molecule has 2 heterocycles. The van der Waals surface area contributed by atoms with Crippen molar-refractivity contribution in [3.05, 3.63) is 23.0 Å². The van der Waals surface area contributed by atoms with Gasteiger partial charge < -0.3 is 4.74 Å². The van der Waals surface area contributed by atoms with Crippen molar-refractivity contribution in [1.29, 1.82) is 0 Å². The van der Waals surface area contributed by atoms with Crippen molar-refractivity contribution < 1.29 is 9.13 Å². The predicted molar refractivity (Wildman–Crippen MR) is 51.8 cm³/mol. The summed E-state index contributed by atoms with van der Waals surface area (Å²) in [6.07, 6.45) is 4.04. The van der Waals surface area contributed by atoms with Gasteiger partial charge in [-0.3, -0.25) is 0 Å². The van der Waals surface area contributed by atoms with Gasteiger partial charge in [0.2, 0.25) is 5.95 Å². The second-order valence-corrected chi connectivity index (χ2v) is 4.31. The average Bonchev–Trinajstić information content (AvgIpc) is 3.02. The van der Waals surface area contributed by atoms with E-state index in [1.54, 1.807) is 0 Å². The SMILES string of the molecule is Fc1nc(CC2CC2)nc2c1COCC2. The zero-order valence-electron chi connectivity index (χ0n) is 8.50. The molecule has 0 unspecified atom stereocenters. The molecule has 1 fully saturated rings. The number of ether oxygens (including phenoxy) is 1.